The lowest BCUT2D eigenvalue weighted by atomic mass is 10.5. The molecule has 1 heterocycles. The molecule has 1 saturated heterocycles. The Morgan fingerprint density at radius 2 is 2.22 bits per heavy atom. The minimum absolute atomic E-state index is 0.756. The van der Waals surface area contributed by atoms with Gasteiger partial charge < -0.3 is 4.90 Å². The second-order valence-corrected chi connectivity index (χ2v) is 2.17. The Morgan fingerprint density at radius 3 is 2.67 bits per heavy atom. The fraction of sp³-hybridized carbons (Fsp3) is 0.667. The molecule has 1 aliphatic heterocycles. The number of nitrogens with zero attached hydrogens (tertiary/aromatic N) is 2. The summed E-state index contributed by atoms with van der Waals surface area (Å²) in [5.41, 5.74) is 0. The SMILES string of the molecule is C=C1N(C)CCON1C. The summed E-state index contributed by atoms with van der Waals surface area (Å²) >= 11 is 0. The molecule has 0 bridgehead atoms. The molecule has 52 valence electrons. The fourth-order valence-corrected chi connectivity index (χ4v) is 0.759. The summed E-state index contributed by atoms with van der Waals surface area (Å²) in [5, 5.41) is 1.68. The monoisotopic (exact) mass is 128 g/mol. The van der Waals surface area contributed by atoms with Crippen molar-refractivity contribution < 1.29 is 4.84 Å². The van der Waals surface area contributed by atoms with E-state index in [1.54, 1.807) is 5.06 Å². The van der Waals surface area contributed by atoms with Crippen LogP contribution in [0.15, 0.2) is 12.4 Å². The summed E-state index contributed by atoms with van der Waals surface area (Å²) in [7, 11) is 3.86. The highest BCUT2D eigenvalue weighted by atomic mass is 16.7. The third kappa shape index (κ3) is 1.16. The van der Waals surface area contributed by atoms with E-state index in [1.807, 2.05) is 14.1 Å². The van der Waals surface area contributed by atoms with Crippen LogP contribution in [-0.4, -0.2) is 37.2 Å². The first-order valence-corrected chi connectivity index (χ1v) is 2.98. The molecular formula is C6H12N2O. The minimum Gasteiger partial charge on any atom is -0.358 e. The zero-order valence-corrected chi connectivity index (χ0v) is 5.92. The maximum absolute atomic E-state index is 5.15. The van der Waals surface area contributed by atoms with Gasteiger partial charge >= 0.3 is 0 Å². The molecule has 1 aliphatic rings. The van der Waals surface area contributed by atoms with Gasteiger partial charge in [-0.05, 0) is 0 Å². The molecule has 0 saturated carbocycles. The Bertz CT molecular complexity index is 112. The zero-order chi connectivity index (χ0) is 6.85. The smallest absolute Gasteiger partial charge is 0.121 e. The van der Waals surface area contributed by atoms with Crippen LogP contribution in [0, 0.1) is 0 Å². The first kappa shape index (κ1) is 6.42. The van der Waals surface area contributed by atoms with Crippen LogP contribution in [0.3, 0.4) is 0 Å². The average Bonchev–Trinajstić information content (AvgIpc) is 1.83. The third-order valence-corrected chi connectivity index (χ3v) is 1.52. The molecule has 3 heteroatoms. The fourth-order valence-electron chi connectivity index (χ4n) is 0.759. The average molecular weight is 128 g/mol. The van der Waals surface area contributed by atoms with E-state index in [0.29, 0.717) is 0 Å². The molecule has 0 aromatic heterocycles. The highest BCUT2D eigenvalue weighted by Crippen LogP contribution is 2.08. The number of hydroxylamine groups is 2. The lowest BCUT2D eigenvalue weighted by Gasteiger charge is -2.34. The Morgan fingerprint density at radius 1 is 1.56 bits per heavy atom. The van der Waals surface area contributed by atoms with Gasteiger partial charge in [-0.2, -0.15) is 0 Å². The first-order valence-electron chi connectivity index (χ1n) is 2.98. The van der Waals surface area contributed by atoms with Crippen molar-refractivity contribution in [3.05, 3.63) is 12.4 Å². The van der Waals surface area contributed by atoms with Crippen molar-refractivity contribution >= 4 is 0 Å². The molecule has 9 heavy (non-hydrogen) atoms. The van der Waals surface area contributed by atoms with E-state index >= 15 is 0 Å². The van der Waals surface area contributed by atoms with Crippen molar-refractivity contribution in [3.63, 3.8) is 0 Å². The predicted molar refractivity (Wildman–Crippen MR) is 35.5 cm³/mol. The number of rotatable bonds is 0. The second-order valence-electron chi connectivity index (χ2n) is 2.17. The highest BCUT2D eigenvalue weighted by molar-refractivity contribution is 4.88. The van der Waals surface area contributed by atoms with E-state index in [2.05, 4.69) is 11.5 Å². The van der Waals surface area contributed by atoms with Crippen molar-refractivity contribution in [2.75, 3.05) is 27.2 Å². The van der Waals surface area contributed by atoms with Gasteiger partial charge in [0.1, 0.15) is 5.82 Å². The molecule has 1 fully saturated rings. The molecule has 0 spiro atoms. The molecule has 0 atom stereocenters. The molecular weight excluding hydrogens is 116 g/mol. The molecule has 0 amide bonds. The Kier molecular flexibility index (Phi) is 1.62. The van der Waals surface area contributed by atoms with E-state index in [4.69, 9.17) is 4.84 Å². The van der Waals surface area contributed by atoms with Gasteiger partial charge in [0, 0.05) is 20.6 Å². The maximum atomic E-state index is 5.15. The largest absolute Gasteiger partial charge is 0.358 e. The van der Waals surface area contributed by atoms with Crippen LogP contribution < -0.4 is 0 Å². The van der Waals surface area contributed by atoms with E-state index in [1.165, 1.54) is 0 Å². The minimum atomic E-state index is 0.756. The molecule has 3 nitrogen and oxygen atoms in total. The third-order valence-electron chi connectivity index (χ3n) is 1.52. The maximum Gasteiger partial charge on any atom is 0.121 e. The predicted octanol–water partition coefficient (Wildman–Crippen LogP) is 0.266. The molecule has 0 unspecified atom stereocenters. The van der Waals surface area contributed by atoms with Gasteiger partial charge in [-0.25, -0.2) is 5.06 Å². The van der Waals surface area contributed by atoms with Crippen LogP contribution in [0.4, 0.5) is 0 Å². The lowest BCUT2D eigenvalue weighted by molar-refractivity contribution is -0.158. The van der Waals surface area contributed by atoms with Crippen LogP contribution in [0.5, 0.6) is 0 Å². The quantitative estimate of drug-likeness (QED) is 0.465. The van der Waals surface area contributed by atoms with Crippen molar-refractivity contribution in [1.82, 2.24) is 9.96 Å². The summed E-state index contributed by atoms with van der Waals surface area (Å²) in [4.78, 5) is 7.21. The van der Waals surface area contributed by atoms with Gasteiger partial charge in [0.25, 0.3) is 0 Å². The second kappa shape index (κ2) is 2.27. The zero-order valence-electron chi connectivity index (χ0n) is 5.92. The first-order chi connectivity index (χ1) is 4.22. The summed E-state index contributed by atoms with van der Waals surface area (Å²) < 4.78 is 0. The van der Waals surface area contributed by atoms with Gasteiger partial charge in [-0.15, -0.1) is 0 Å². The van der Waals surface area contributed by atoms with Crippen molar-refractivity contribution in [2.24, 2.45) is 0 Å². The van der Waals surface area contributed by atoms with Crippen molar-refractivity contribution in [2.45, 2.75) is 0 Å². The van der Waals surface area contributed by atoms with Crippen LogP contribution in [0.1, 0.15) is 0 Å². The van der Waals surface area contributed by atoms with Crippen LogP contribution in [-0.2, 0) is 4.84 Å². The van der Waals surface area contributed by atoms with Crippen LogP contribution in [0.25, 0.3) is 0 Å². The van der Waals surface area contributed by atoms with Gasteiger partial charge in [-0.1, -0.05) is 6.58 Å². The summed E-state index contributed by atoms with van der Waals surface area (Å²) in [5.74, 6) is 0.918. The normalized spacial score (nSPS) is 20.9. The van der Waals surface area contributed by atoms with E-state index < -0.39 is 0 Å². The van der Waals surface area contributed by atoms with Crippen LogP contribution >= 0.6 is 0 Å². The Balaban J connectivity index is 2.52. The summed E-state index contributed by atoms with van der Waals surface area (Å²) in [6.45, 7) is 5.49. The summed E-state index contributed by atoms with van der Waals surface area (Å²) in [6, 6.07) is 0. The van der Waals surface area contributed by atoms with E-state index in [9.17, 15) is 0 Å². The lowest BCUT2D eigenvalue weighted by Crippen LogP contribution is -2.38. The highest BCUT2D eigenvalue weighted by Gasteiger charge is 2.12. The topological polar surface area (TPSA) is 15.7 Å². The molecule has 0 radical (unpaired) electrons. The van der Waals surface area contributed by atoms with Crippen molar-refractivity contribution in [1.29, 1.82) is 0 Å². The molecule has 1 rings (SSSR count). The van der Waals surface area contributed by atoms with Crippen molar-refractivity contribution in [3.8, 4) is 0 Å². The standard InChI is InChI=1S/C6H12N2O/c1-6-7(2)4-5-9-8(6)3/h1,4-5H2,2-3H3. The Labute approximate surface area is 55.5 Å². The molecule has 0 aromatic rings. The molecule has 0 aliphatic carbocycles. The number of likely N-dealkylation sites (N-methyl/N-ethyl adjacent to an activating group) is 1. The van der Waals surface area contributed by atoms with E-state index in [0.717, 1.165) is 19.0 Å². The Hall–Kier alpha value is -0.700. The molecule has 0 N–H and O–H groups in total. The van der Waals surface area contributed by atoms with E-state index in [-0.39, 0.29) is 0 Å². The van der Waals surface area contributed by atoms with Gasteiger partial charge in [0.2, 0.25) is 0 Å². The molecule has 0 aromatic carbocycles. The number of hydrogen-bond donors (Lipinski definition) is 0. The van der Waals surface area contributed by atoms with Gasteiger partial charge in [0.05, 0.1) is 6.61 Å². The van der Waals surface area contributed by atoms with Gasteiger partial charge in [-0.3, -0.25) is 4.84 Å². The van der Waals surface area contributed by atoms with Gasteiger partial charge in [0.15, 0.2) is 0 Å². The summed E-state index contributed by atoms with van der Waals surface area (Å²) in [6.07, 6.45) is 0. The van der Waals surface area contributed by atoms with Crippen LogP contribution in [0.2, 0.25) is 0 Å². The number of hydrogen-bond acceptors (Lipinski definition) is 3.